The van der Waals surface area contributed by atoms with Crippen LogP contribution in [0.1, 0.15) is 30.1 Å². The second-order valence-electron chi connectivity index (χ2n) is 5.07. The predicted molar refractivity (Wildman–Crippen MR) is 86.0 cm³/mol. The van der Waals surface area contributed by atoms with E-state index in [1.54, 1.807) is 33.9 Å². The fourth-order valence-electron chi connectivity index (χ4n) is 2.16. The quantitative estimate of drug-likeness (QED) is 0.726. The van der Waals surface area contributed by atoms with Crippen molar-refractivity contribution in [1.29, 1.82) is 0 Å². The average molecular weight is 315 g/mol. The minimum Gasteiger partial charge on any atom is -0.342 e. The molecule has 114 valence electrons. The van der Waals surface area contributed by atoms with Gasteiger partial charge in [-0.25, -0.2) is 14.5 Å². The zero-order chi connectivity index (χ0) is 15.5. The number of carbonyl (C=O) groups excluding carboxylic acids is 1. The predicted octanol–water partition coefficient (Wildman–Crippen LogP) is 2.72. The Kier molecular flexibility index (Phi) is 4.15. The Morgan fingerprint density at radius 2 is 2.32 bits per heavy atom. The number of fused-ring (bicyclic) bond motifs is 1. The maximum absolute atomic E-state index is 12.4. The van der Waals surface area contributed by atoms with Gasteiger partial charge in [0, 0.05) is 36.9 Å². The first-order chi connectivity index (χ1) is 10.7. The largest absolute Gasteiger partial charge is 0.342 e. The lowest BCUT2D eigenvalue weighted by atomic mass is 10.2. The van der Waals surface area contributed by atoms with Crippen molar-refractivity contribution in [3.05, 3.63) is 35.5 Å². The first kappa shape index (κ1) is 14.6. The fraction of sp³-hybridized carbons (Fsp3) is 0.333. The van der Waals surface area contributed by atoms with Gasteiger partial charge in [-0.3, -0.25) is 4.79 Å². The summed E-state index contributed by atoms with van der Waals surface area (Å²) < 4.78 is 1.67. The van der Waals surface area contributed by atoms with E-state index in [9.17, 15) is 4.79 Å². The highest BCUT2D eigenvalue weighted by atomic mass is 32.1. The molecule has 0 spiro atoms. The Hall–Kier alpha value is -2.28. The summed E-state index contributed by atoms with van der Waals surface area (Å²) >= 11 is 1.49. The van der Waals surface area contributed by atoms with Crippen LogP contribution in [0, 0.1) is 0 Å². The van der Waals surface area contributed by atoms with Gasteiger partial charge in [-0.2, -0.15) is 0 Å². The van der Waals surface area contributed by atoms with Crippen molar-refractivity contribution in [2.75, 3.05) is 13.6 Å². The van der Waals surface area contributed by atoms with E-state index in [1.165, 1.54) is 11.3 Å². The van der Waals surface area contributed by atoms with Crippen molar-refractivity contribution >= 4 is 22.9 Å². The van der Waals surface area contributed by atoms with E-state index in [4.69, 9.17) is 0 Å². The van der Waals surface area contributed by atoms with E-state index in [1.807, 2.05) is 12.4 Å². The molecule has 0 aromatic carbocycles. The van der Waals surface area contributed by atoms with E-state index in [0.29, 0.717) is 17.0 Å². The Bertz CT molecular complexity index is 780. The molecule has 0 saturated carbocycles. The molecule has 7 heteroatoms. The van der Waals surface area contributed by atoms with Gasteiger partial charge in [0.1, 0.15) is 0 Å². The van der Waals surface area contributed by atoms with Crippen LogP contribution in [0.4, 0.5) is 0 Å². The van der Waals surface area contributed by atoms with Crippen LogP contribution in [0.15, 0.2) is 29.9 Å². The van der Waals surface area contributed by atoms with Crippen LogP contribution >= 0.6 is 11.3 Å². The van der Waals surface area contributed by atoms with Crippen LogP contribution in [0.2, 0.25) is 0 Å². The standard InChI is InChI=1S/C15H17N5OS/c1-3-4-7-19(2)15(21)11-5-8-20-12(10-11)17-13(18-20)14-16-6-9-22-14/h5-6,8-10H,3-4,7H2,1-2H3. The number of rotatable bonds is 5. The van der Waals surface area contributed by atoms with E-state index in [2.05, 4.69) is 22.0 Å². The lowest BCUT2D eigenvalue weighted by Crippen LogP contribution is -2.27. The zero-order valence-corrected chi connectivity index (χ0v) is 13.4. The topological polar surface area (TPSA) is 63.4 Å². The van der Waals surface area contributed by atoms with Crippen LogP contribution in [-0.4, -0.2) is 44.0 Å². The molecule has 6 nitrogen and oxygen atoms in total. The van der Waals surface area contributed by atoms with Gasteiger partial charge in [0.2, 0.25) is 5.82 Å². The van der Waals surface area contributed by atoms with Crippen molar-refractivity contribution in [2.24, 2.45) is 0 Å². The zero-order valence-electron chi connectivity index (χ0n) is 12.6. The average Bonchev–Trinajstić information content (AvgIpc) is 3.19. The third-order valence-corrected chi connectivity index (χ3v) is 4.17. The van der Waals surface area contributed by atoms with E-state index >= 15 is 0 Å². The van der Waals surface area contributed by atoms with Crippen molar-refractivity contribution < 1.29 is 4.79 Å². The highest BCUT2D eigenvalue weighted by Crippen LogP contribution is 2.19. The normalized spacial score (nSPS) is 11.0. The Labute approximate surface area is 132 Å². The second kappa shape index (κ2) is 6.23. The molecule has 0 atom stereocenters. The fourth-order valence-corrected chi connectivity index (χ4v) is 2.72. The number of carbonyl (C=O) groups is 1. The third-order valence-electron chi connectivity index (χ3n) is 3.40. The van der Waals surface area contributed by atoms with Gasteiger partial charge in [0.15, 0.2) is 10.7 Å². The minimum atomic E-state index is 0.00903. The number of nitrogens with zero attached hydrogens (tertiary/aromatic N) is 5. The summed E-state index contributed by atoms with van der Waals surface area (Å²) in [5.74, 6) is 0.591. The molecule has 0 aliphatic heterocycles. The summed E-state index contributed by atoms with van der Waals surface area (Å²) in [5, 5.41) is 7.04. The molecule has 0 unspecified atom stereocenters. The van der Waals surface area contributed by atoms with Gasteiger partial charge in [0.25, 0.3) is 5.91 Å². The smallest absolute Gasteiger partial charge is 0.253 e. The number of aromatic nitrogens is 4. The monoisotopic (exact) mass is 315 g/mol. The van der Waals surface area contributed by atoms with E-state index in [-0.39, 0.29) is 5.91 Å². The van der Waals surface area contributed by atoms with Crippen LogP contribution in [0.5, 0.6) is 0 Å². The molecule has 0 fully saturated rings. The molecule has 0 aliphatic rings. The number of unbranched alkanes of at least 4 members (excludes halogenated alkanes) is 1. The maximum atomic E-state index is 12.4. The molecule has 22 heavy (non-hydrogen) atoms. The summed E-state index contributed by atoms with van der Waals surface area (Å²) in [6, 6.07) is 3.55. The highest BCUT2D eigenvalue weighted by Gasteiger charge is 2.14. The Morgan fingerprint density at radius 1 is 1.45 bits per heavy atom. The number of pyridine rings is 1. The summed E-state index contributed by atoms with van der Waals surface area (Å²) in [4.78, 5) is 22.8. The van der Waals surface area contributed by atoms with Crippen molar-refractivity contribution in [3.63, 3.8) is 0 Å². The van der Waals surface area contributed by atoms with Crippen LogP contribution in [-0.2, 0) is 0 Å². The molecule has 3 heterocycles. The van der Waals surface area contributed by atoms with Gasteiger partial charge in [-0.15, -0.1) is 16.4 Å². The van der Waals surface area contributed by atoms with Crippen molar-refractivity contribution in [3.8, 4) is 10.8 Å². The van der Waals surface area contributed by atoms with Crippen LogP contribution in [0.25, 0.3) is 16.5 Å². The number of hydrogen-bond donors (Lipinski definition) is 0. The molecule has 3 rings (SSSR count). The van der Waals surface area contributed by atoms with Gasteiger partial charge in [0.05, 0.1) is 0 Å². The summed E-state index contributed by atoms with van der Waals surface area (Å²) in [6.07, 6.45) is 5.56. The SMILES string of the molecule is CCCCN(C)C(=O)c1ccn2nc(-c3nccs3)nc2c1. The van der Waals surface area contributed by atoms with E-state index in [0.717, 1.165) is 24.4 Å². The minimum absolute atomic E-state index is 0.00903. The van der Waals surface area contributed by atoms with Gasteiger partial charge in [-0.05, 0) is 18.6 Å². The first-order valence-electron chi connectivity index (χ1n) is 7.21. The molecule has 0 N–H and O–H groups in total. The van der Waals surface area contributed by atoms with E-state index < -0.39 is 0 Å². The second-order valence-corrected chi connectivity index (χ2v) is 5.97. The molecule has 0 bridgehead atoms. The van der Waals surface area contributed by atoms with Crippen molar-refractivity contribution in [2.45, 2.75) is 19.8 Å². The molecule has 0 radical (unpaired) electrons. The highest BCUT2D eigenvalue weighted by molar-refractivity contribution is 7.13. The first-order valence-corrected chi connectivity index (χ1v) is 8.08. The Balaban J connectivity index is 1.88. The molecular formula is C15H17N5OS. The molecule has 1 amide bonds. The molecule has 0 saturated heterocycles. The van der Waals surface area contributed by atoms with Crippen molar-refractivity contribution in [1.82, 2.24) is 24.5 Å². The molecule has 3 aromatic heterocycles. The number of thiazole rings is 1. The third kappa shape index (κ3) is 2.85. The lowest BCUT2D eigenvalue weighted by Gasteiger charge is -2.16. The summed E-state index contributed by atoms with van der Waals surface area (Å²) in [7, 11) is 1.83. The molecule has 0 aliphatic carbocycles. The lowest BCUT2D eigenvalue weighted by molar-refractivity contribution is 0.0793. The maximum Gasteiger partial charge on any atom is 0.253 e. The van der Waals surface area contributed by atoms with Crippen LogP contribution in [0.3, 0.4) is 0 Å². The van der Waals surface area contributed by atoms with Gasteiger partial charge < -0.3 is 4.90 Å². The van der Waals surface area contributed by atoms with Crippen LogP contribution < -0.4 is 0 Å². The number of hydrogen-bond acceptors (Lipinski definition) is 5. The summed E-state index contributed by atoms with van der Waals surface area (Å²) in [6.45, 7) is 2.87. The Morgan fingerprint density at radius 3 is 3.05 bits per heavy atom. The molecular weight excluding hydrogens is 298 g/mol. The van der Waals surface area contributed by atoms with Gasteiger partial charge in [-0.1, -0.05) is 13.3 Å². The number of amides is 1. The van der Waals surface area contributed by atoms with Gasteiger partial charge >= 0.3 is 0 Å². The molecule has 3 aromatic rings. The summed E-state index contributed by atoms with van der Waals surface area (Å²) in [5.41, 5.74) is 1.28.